The van der Waals surface area contributed by atoms with Crippen LogP contribution in [0.15, 0.2) is 49.1 Å². The molecule has 1 saturated heterocycles. The quantitative estimate of drug-likeness (QED) is 0.530. The molecular formula is C22H22F3N5O2. The first-order valence-corrected chi connectivity index (χ1v) is 10.2. The summed E-state index contributed by atoms with van der Waals surface area (Å²) in [6.07, 6.45) is 1.00. The van der Waals surface area contributed by atoms with Gasteiger partial charge in [0.25, 0.3) is 6.43 Å². The molecule has 0 N–H and O–H groups in total. The van der Waals surface area contributed by atoms with Crippen molar-refractivity contribution in [3.63, 3.8) is 0 Å². The summed E-state index contributed by atoms with van der Waals surface area (Å²) in [5.74, 6) is 0.716. The molecule has 4 rings (SSSR count). The molecule has 168 valence electrons. The Morgan fingerprint density at radius 2 is 1.88 bits per heavy atom. The van der Waals surface area contributed by atoms with Crippen LogP contribution in [0.25, 0.3) is 5.69 Å². The fourth-order valence-corrected chi connectivity index (χ4v) is 3.56. The monoisotopic (exact) mass is 445 g/mol. The highest BCUT2D eigenvalue weighted by molar-refractivity contribution is 5.89. The van der Waals surface area contributed by atoms with Crippen molar-refractivity contribution < 1.29 is 22.7 Å². The standard InChI is InChI=1S/C22H22F3N5O2/c1-13(17-10-29(12-27-17)16-5-3-15(4-6-16)21(24)25)9-19-26-8-7-20(28-19)30-18(14(2)23)11-32-22(30)31/h3-8,10,12-14,18,21H,9,11H2,1-2H3/t13-,14+,18-/m1/s1. The van der Waals surface area contributed by atoms with E-state index in [2.05, 4.69) is 15.0 Å². The van der Waals surface area contributed by atoms with Gasteiger partial charge in [0.15, 0.2) is 0 Å². The zero-order valence-electron chi connectivity index (χ0n) is 17.5. The van der Waals surface area contributed by atoms with Crippen LogP contribution in [0.5, 0.6) is 0 Å². The summed E-state index contributed by atoms with van der Waals surface area (Å²) >= 11 is 0. The van der Waals surface area contributed by atoms with E-state index in [4.69, 9.17) is 4.74 Å². The summed E-state index contributed by atoms with van der Waals surface area (Å²) in [7, 11) is 0. The molecule has 1 amide bonds. The number of rotatable bonds is 7. The van der Waals surface area contributed by atoms with Crippen molar-refractivity contribution in [2.45, 2.75) is 44.8 Å². The number of hydrogen-bond acceptors (Lipinski definition) is 5. The number of ether oxygens (including phenoxy) is 1. The van der Waals surface area contributed by atoms with Crippen molar-refractivity contribution in [2.24, 2.45) is 0 Å². The molecule has 0 aliphatic carbocycles. The van der Waals surface area contributed by atoms with E-state index < -0.39 is 24.7 Å². The Bertz CT molecular complexity index is 1090. The summed E-state index contributed by atoms with van der Waals surface area (Å²) < 4.78 is 46.1. The zero-order valence-corrected chi connectivity index (χ0v) is 17.5. The number of benzene rings is 1. The van der Waals surface area contributed by atoms with E-state index in [-0.39, 0.29) is 18.1 Å². The van der Waals surface area contributed by atoms with Gasteiger partial charge < -0.3 is 9.30 Å². The number of anilines is 1. The largest absolute Gasteiger partial charge is 0.447 e. The zero-order chi connectivity index (χ0) is 22.8. The lowest BCUT2D eigenvalue weighted by Gasteiger charge is -2.21. The molecule has 0 saturated carbocycles. The van der Waals surface area contributed by atoms with E-state index in [1.807, 2.05) is 13.1 Å². The van der Waals surface area contributed by atoms with Gasteiger partial charge in [-0.25, -0.2) is 32.9 Å². The molecule has 0 bridgehead atoms. The van der Waals surface area contributed by atoms with Crippen molar-refractivity contribution in [3.05, 3.63) is 66.1 Å². The Labute approximate surface area is 182 Å². The van der Waals surface area contributed by atoms with Crippen molar-refractivity contribution in [2.75, 3.05) is 11.5 Å². The molecule has 7 nitrogen and oxygen atoms in total. The van der Waals surface area contributed by atoms with Crippen molar-refractivity contribution in [1.29, 1.82) is 0 Å². The molecule has 3 aromatic rings. The molecule has 1 aromatic carbocycles. The normalized spacial score (nSPS) is 18.1. The van der Waals surface area contributed by atoms with Crippen LogP contribution in [0.4, 0.5) is 23.8 Å². The number of carbonyl (C=O) groups excluding carboxylic acids is 1. The van der Waals surface area contributed by atoms with Gasteiger partial charge in [0.05, 0.1) is 12.0 Å². The summed E-state index contributed by atoms with van der Waals surface area (Å²) in [4.78, 5) is 26.4. The molecule has 1 aliphatic rings. The number of cyclic esters (lactones) is 1. The van der Waals surface area contributed by atoms with Gasteiger partial charge >= 0.3 is 6.09 Å². The number of hydrogen-bond donors (Lipinski definition) is 0. The third-order valence-electron chi connectivity index (χ3n) is 5.41. The second kappa shape index (κ2) is 8.97. The first-order valence-electron chi connectivity index (χ1n) is 10.2. The van der Waals surface area contributed by atoms with Crippen LogP contribution in [-0.2, 0) is 11.2 Å². The number of nitrogens with zero attached hydrogens (tertiary/aromatic N) is 5. The van der Waals surface area contributed by atoms with Crippen LogP contribution in [0, 0.1) is 0 Å². The van der Waals surface area contributed by atoms with Crippen molar-refractivity contribution in [1.82, 2.24) is 19.5 Å². The minimum Gasteiger partial charge on any atom is -0.447 e. The van der Waals surface area contributed by atoms with Gasteiger partial charge in [-0.3, -0.25) is 4.90 Å². The van der Waals surface area contributed by atoms with Crippen molar-refractivity contribution >= 4 is 11.9 Å². The first-order chi connectivity index (χ1) is 15.3. The molecule has 32 heavy (non-hydrogen) atoms. The van der Waals surface area contributed by atoms with Gasteiger partial charge in [-0.15, -0.1) is 0 Å². The van der Waals surface area contributed by atoms with E-state index in [1.165, 1.54) is 30.2 Å². The third-order valence-corrected chi connectivity index (χ3v) is 5.41. The summed E-state index contributed by atoms with van der Waals surface area (Å²) in [5, 5.41) is 0. The van der Waals surface area contributed by atoms with Crippen LogP contribution < -0.4 is 4.90 Å². The van der Waals surface area contributed by atoms with Crippen molar-refractivity contribution in [3.8, 4) is 5.69 Å². The van der Waals surface area contributed by atoms with Crippen LogP contribution in [0.3, 0.4) is 0 Å². The number of amides is 1. The van der Waals surface area contributed by atoms with Gasteiger partial charge in [0, 0.05) is 36.0 Å². The minimum absolute atomic E-state index is 0.0258. The lowest BCUT2D eigenvalue weighted by atomic mass is 10.0. The number of imidazole rings is 1. The molecule has 2 aromatic heterocycles. The van der Waals surface area contributed by atoms with Gasteiger partial charge in [-0.1, -0.05) is 19.1 Å². The summed E-state index contributed by atoms with van der Waals surface area (Å²) in [5.41, 5.74) is 1.45. The predicted molar refractivity (Wildman–Crippen MR) is 111 cm³/mol. The van der Waals surface area contributed by atoms with E-state index in [1.54, 1.807) is 29.1 Å². The number of alkyl halides is 3. The summed E-state index contributed by atoms with van der Waals surface area (Å²) in [6.45, 7) is 3.31. The van der Waals surface area contributed by atoms with E-state index in [9.17, 15) is 18.0 Å². The number of carbonyl (C=O) groups is 1. The van der Waals surface area contributed by atoms with Gasteiger partial charge in [-0.05, 0) is 25.1 Å². The maximum Gasteiger partial charge on any atom is 0.416 e. The Hall–Kier alpha value is -3.43. The Balaban J connectivity index is 1.48. The van der Waals surface area contributed by atoms with Gasteiger partial charge in [0.1, 0.15) is 30.5 Å². The lowest BCUT2D eigenvalue weighted by Crippen LogP contribution is -2.39. The van der Waals surface area contributed by atoms with Gasteiger partial charge in [-0.2, -0.15) is 0 Å². The molecular weight excluding hydrogens is 423 g/mol. The first kappa shape index (κ1) is 21.8. The average Bonchev–Trinajstić information content (AvgIpc) is 3.41. The Morgan fingerprint density at radius 3 is 2.56 bits per heavy atom. The van der Waals surface area contributed by atoms with E-state index in [0.29, 0.717) is 18.1 Å². The third kappa shape index (κ3) is 4.44. The average molecular weight is 445 g/mol. The molecule has 0 radical (unpaired) electrons. The topological polar surface area (TPSA) is 73.1 Å². The van der Waals surface area contributed by atoms with Crippen LogP contribution in [0.1, 0.15) is 43.3 Å². The Kier molecular flexibility index (Phi) is 6.11. The Morgan fingerprint density at radius 1 is 1.12 bits per heavy atom. The molecule has 1 fully saturated rings. The molecule has 0 spiro atoms. The smallest absolute Gasteiger partial charge is 0.416 e. The van der Waals surface area contributed by atoms with E-state index in [0.717, 1.165) is 11.4 Å². The summed E-state index contributed by atoms with van der Waals surface area (Å²) in [6, 6.07) is 6.82. The van der Waals surface area contributed by atoms with Crippen LogP contribution in [-0.4, -0.2) is 44.4 Å². The van der Waals surface area contributed by atoms with Gasteiger partial charge in [0.2, 0.25) is 0 Å². The maximum atomic E-state index is 13.9. The molecule has 10 heteroatoms. The second-order valence-electron chi connectivity index (χ2n) is 7.73. The highest BCUT2D eigenvalue weighted by atomic mass is 19.3. The lowest BCUT2D eigenvalue weighted by molar-refractivity contribution is 0.151. The minimum atomic E-state index is -2.51. The predicted octanol–water partition coefficient (Wildman–Crippen LogP) is 4.63. The fraction of sp³-hybridized carbons (Fsp3) is 0.364. The number of aromatic nitrogens is 4. The highest BCUT2D eigenvalue weighted by Gasteiger charge is 2.39. The SMILES string of the molecule is C[C@H](Cc1nccc(N2C(=O)OC[C@@H]2[C@H](C)F)n1)c1cn(-c2ccc(C(F)F)cc2)cn1. The molecule has 3 atom stereocenters. The van der Waals surface area contributed by atoms with Crippen LogP contribution >= 0.6 is 0 Å². The maximum absolute atomic E-state index is 13.9. The molecule has 3 heterocycles. The second-order valence-corrected chi connectivity index (χ2v) is 7.73. The van der Waals surface area contributed by atoms with Crippen LogP contribution in [0.2, 0.25) is 0 Å². The van der Waals surface area contributed by atoms with E-state index >= 15 is 0 Å². The number of halogens is 3. The molecule has 0 unspecified atom stereocenters. The molecule has 1 aliphatic heterocycles. The fourth-order valence-electron chi connectivity index (χ4n) is 3.56. The highest BCUT2D eigenvalue weighted by Crippen LogP contribution is 2.26.